The molecule has 0 aromatic heterocycles. The summed E-state index contributed by atoms with van der Waals surface area (Å²) in [5.41, 5.74) is 3.05. The number of hydrogen-bond donors (Lipinski definition) is 1. The number of rotatable bonds is 0. The van der Waals surface area contributed by atoms with Crippen LogP contribution in [-0.2, 0) is 11.2 Å². The third-order valence-electron chi connectivity index (χ3n) is 2.33. The monoisotopic (exact) mass is 195 g/mol. The number of carbonyl (C=O) groups excluding carboxylic acids is 1. The molecule has 0 bridgehead atoms. The number of amides is 1. The molecule has 0 aliphatic carbocycles. The molecule has 0 atom stereocenters. The summed E-state index contributed by atoms with van der Waals surface area (Å²) in [5, 5.41) is 3.60. The van der Waals surface area contributed by atoms with E-state index in [4.69, 9.17) is 11.6 Å². The highest BCUT2D eigenvalue weighted by Gasteiger charge is 2.18. The molecule has 0 spiro atoms. The van der Waals surface area contributed by atoms with E-state index >= 15 is 0 Å². The summed E-state index contributed by atoms with van der Waals surface area (Å²) in [4.78, 5) is 11.1. The maximum absolute atomic E-state index is 11.1. The molecule has 1 aliphatic heterocycles. The molecule has 1 N–H and O–H groups in total. The second-order valence-electron chi connectivity index (χ2n) is 3.27. The Labute approximate surface area is 81.9 Å². The lowest BCUT2D eigenvalue weighted by molar-refractivity contribution is -0.116. The van der Waals surface area contributed by atoms with Crippen molar-refractivity contribution in [1.29, 1.82) is 0 Å². The van der Waals surface area contributed by atoms with Gasteiger partial charge in [0.15, 0.2) is 0 Å². The zero-order chi connectivity index (χ0) is 9.42. The first-order valence-corrected chi connectivity index (χ1v) is 4.64. The molecule has 2 rings (SSSR count). The van der Waals surface area contributed by atoms with Crippen LogP contribution in [0.25, 0.3) is 0 Å². The molecule has 0 fully saturated rings. The molecule has 0 saturated heterocycles. The molecule has 1 aromatic rings. The standard InChI is InChI=1S/C10H10ClNO/c1-6-2-4-8(11)7-3-5-9(13)12-10(6)7/h2,4H,3,5H2,1H3,(H,12,13). The maximum Gasteiger partial charge on any atom is 0.224 e. The third kappa shape index (κ3) is 1.42. The Kier molecular flexibility index (Phi) is 2.00. The summed E-state index contributed by atoms with van der Waals surface area (Å²) >= 11 is 6.01. The SMILES string of the molecule is Cc1ccc(Cl)c2c1NC(=O)CC2. The second kappa shape index (κ2) is 3.04. The summed E-state index contributed by atoms with van der Waals surface area (Å²) in [7, 11) is 0. The Morgan fingerprint density at radius 1 is 1.38 bits per heavy atom. The van der Waals surface area contributed by atoms with Gasteiger partial charge >= 0.3 is 0 Å². The largest absolute Gasteiger partial charge is 0.326 e. The van der Waals surface area contributed by atoms with Crippen molar-refractivity contribution in [2.24, 2.45) is 0 Å². The van der Waals surface area contributed by atoms with Gasteiger partial charge in [0.2, 0.25) is 5.91 Å². The van der Waals surface area contributed by atoms with Gasteiger partial charge in [-0.15, -0.1) is 0 Å². The number of aryl methyl sites for hydroxylation is 1. The summed E-state index contributed by atoms with van der Waals surface area (Å²) in [5.74, 6) is 0.0814. The van der Waals surface area contributed by atoms with Crippen LogP contribution < -0.4 is 5.32 Å². The minimum atomic E-state index is 0.0814. The van der Waals surface area contributed by atoms with Crippen molar-refractivity contribution in [3.63, 3.8) is 0 Å². The van der Waals surface area contributed by atoms with Gasteiger partial charge in [-0.25, -0.2) is 0 Å². The summed E-state index contributed by atoms with van der Waals surface area (Å²) in [6.07, 6.45) is 1.29. The molecular weight excluding hydrogens is 186 g/mol. The van der Waals surface area contributed by atoms with Gasteiger partial charge < -0.3 is 5.32 Å². The molecule has 3 heteroatoms. The van der Waals surface area contributed by atoms with Crippen LogP contribution in [0.15, 0.2) is 12.1 Å². The Morgan fingerprint density at radius 3 is 2.92 bits per heavy atom. The van der Waals surface area contributed by atoms with Gasteiger partial charge in [0, 0.05) is 17.1 Å². The summed E-state index contributed by atoms with van der Waals surface area (Å²) in [6.45, 7) is 1.97. The quantitative estimate of drug-likeness (QED) is 0.677. The first kappa shape index (κ1) is 8.57. The smallest absolute Gasteiger partial charge is 0.224 e. The predicted octanol–water partition coefficient (Wildman–Crippen LogP) is 2.53. The number of fused-ring (bicyclic) bond motifs is 1. The normalized spacial score (nSPS) is 15.1. The molecule has 13 heavy (non-hydrogen) atoms. The van der Waals surface area contributed by atoms with Crippen molar-refractivity contribution in [3.05, 3.63) is 28.3 Å². The van der Waals surface area contributed by atoms with E-state index in [1.165, 1.54) is 0 Å². The fraction of sp³-hybridized carbons (Fsp3) is 0.300. The average Bonchev–Trinajstić information content (AvgIpc) is 2.12. The molecule has 0 saturated carbocycles. The zero-order valence-corrected chi connectivity index (χ0v) is 8.11. The Bertz CT molecular complexity index is 373. The molecule has 1 heterocycles. The van der Waals surface area contributed by atoms with E-state index in [1.54, 1.807) is 0 Å². The lowest BCUT2D eigenvalue weighted by Crippen LogP contribution is -2.20. The van der Waals surface area contributed by atoms with E-state index in [1.807, 2.05) is 19.1 Å². The van der Waals surface area contributed by atoms with Crippen molar-refractivity contribution >= 4 is 23.2 Å². The van der Waals surface area contributed by atoms with Crippen molar-refractivity contribution in [3.8, 4) is 0 Å². The first-order valence-electron chi connectivity index (χ1n) is 4.26. The fourth-order valence-electron chi connectivity index (χ4n) is 1.60. The lowest BCUT2D eigenvalue weighted by atomic mass is 10.00. The van der Waals surface area contributed by atoms with E-state index < -0.39 is 0 Å². The molecule has 68 valence electrons. The van der Waals surface area contributed by atoms with Crippen LogP contribution in [0.1, 0.15) is 17.5 Å². The highest BCUT2D eigenvalue weighted by Crippen LogP contribution is 2.31. The summed E-state index contributed by atoms with van der Waals surface area (Å²) < 4.78 is 0. The topological polar surface area (TPSA) is 29.1 Å². The third-order valence-corrected chi connectivity index (χ3v) is 2.68. The first-order chi connectivity index (χ1) is 6.18. The fourth-order valence-corrected chi connectivity index (χ4v) is 1.85. The van der Waals surface area contributed by atoms with Gasteiger partial charge in [-0.1, -0.05) is 17.7 Å². The van der Waals surface area contributed by atoms with Crippen molar-refractivity contribution in [1.82, 2.24) is 0 Å². The van der Waals surface area contributed by atoms with E-state index in [0.717, 1.165) is 28.3 Å². The van der Waals surface area contributed by atoms with Crippen LogP contribution >= 0.6 is 11.6 Å². The molecule has 1 aromatic carbocycles. The predicted molar refractivity (Wildman–Crippen MR) is 53.1 cm³/mol. The van der Waals surface area contributed by atoms with E-state index in [2.05, 4.69) is 5.32 Å². The van der Waals surface area contributed by atoms with Crippen LogP contribution in [-0.4, -0.2) is 5.91 Å². The maximum atomic E-state index is 11.1. The minimum absolute atomic E-state index is 0.0814. The van der Waals surface area contributed by atoms with Crippen LogP contribution in [0.5, 0.6) is 0 Å². The van der Waals surface area contributed by atoms with Gasteiger partial charge in [-0.05, 0) is 30.5 Å². The number of hydrogen-bond acceptors (Lipinski definition) is 1. The van der Waals surface area contributed by atoms with E-state index in [0.29, 0.717) is 6.42 Å². The number of benzene rings is 1. The van der Waals surface area contributed by atoms with Crippen LogP contribution in [0.3, 0.4) is 0 Å². The Balaban J connectivity index is 2.57. The number of nitrogens with one attached hydrogen (secondary N) is 1. The van der Waals surface area contributed by atoms with Gasteiger partial charge in [0.1, 0.15) is 0 Å². The van der Waals surface area contributed by atoms with E-state index in [9.17, 15) is 4.79 Å². The highest BCUT2D eigenvalue weighted by atomic mass is 35.5. The molecular formula is C10H10ClNO. The second-order valence-corrected chi connectivity index (χ2v) is 3.67. The molecule has 1 aliphatic rings. The van der Waals surface area contributed by atoms with Gasteiger partial charge in [-0.2, -0.15) is 0 Å². The van der Waals surface area contributed by atoms with Gasteiger partial charge in [-0.3, -0.25) is 4.79 Å². The minimum Gasteiger partial charge on any atom is -0.326 e. The number of anilines is 1. The van der Waals surface area contributed by atoms with Crippen LogP contribution in [0.4, 0.5) is 5.69 Å². The molecule has 1 amide bonds. The molecule has 2 nitrogen and oxygen atoms in total. The van der Waals surface area contributed by atoms with Gasteiger partial charge in [0.25, 0.3) is 0 Å². The van der Waals surface area contributed by atoms with E-state index in [-0.39, 0.29) is 5.91 Å². The van der Waals surface area contributed by atoms with Crippen LogP contribution in [0, 0.1) is 6.92 Å². The van der Waals surface area contributed by atoms with Crippen molar-refractivity contribution < 1.29 is 4.79 Å². The summed E-state index contributed by atoms with van der Waals surface area (Å²) in [6, 6.07) is 3.81. The van der Waals surface area contributed by atoms with Crippen molar-refractivity contribution in [2.75, 3.05) is 5.32 Å². The Morgan fingerprint density at radius 2 is 2.15 bits per heavy atom. The molecule has 0 unspecified atom stereocenters. The number of halogens is 1. The lowest BCUT2D eigenvalue weighted by Gasteiger charge is -2.19. The van der Waals surface area contributed by atoms with Crippen molar-refractivity contribution in [2.45, 2.75) is 19.8 Å². The van der Waals surface area contributed by atoms with Gasteiger partial charge in [0.05, 0.1) is 0 Å². The zero-order valence-electron chi connectivity index (χ0n) is 7.36. The number of carbonyl (C=O) groups is 1. The Hall–Kier alpha value is -1.02. The molecule has 0 radical (unpaired) electrons. The highest BCUT2D eigenvalue weighted by molar-refractivity contribution is 6.32. The average molecular weight is 196 g/mol. The van der Waals surface area contributed by atoms with Crippen LogP contribution in [0.2, 0.25) is 5.02 Å².